The zero-order valence-corrected chi connectivity index (χ0v) is 20.0. The number of hydrogen-bond acceptors (Lipinski definition) is 4. The molecular weight excluding hydrogens is 485 g/mol. The Morgan fingerprint density at radius 1 is 1.03 bits per heavy atom. The maximum atomic E-state index is 12.7. The molecule has 0 saturated heterocycles. The van der Waals surface area contributed by atoms with Crippen LogP contribution >= 0.6 is 34.8 Å². The van der Waals surface area contributed by atoms with Crippen LogP contribution in [0.15, 0.2) is 36.4 Å². The Labute approximate surface area is 196 Å². The van der Waals surface area contributed by atoms with Gasteiger partial charge in [-0.2, -0.15) is 0 Å². The second kappa shape index (κ2) is 11.0. The number of halogens is 3. The number of carbonyl (C=O) groups excluding carboxylic acids is 2. The van der Waals surface area contributed by atoms with Gasteiger partial charge in [0.1, 0.15) is 6.54 Å². The van der Waals surface area contributed by atoms with Crippen molar-refractivity contribution in [2.45, 2.75) is 19.8 Å². The first-order valence-corrected chi connectivity index (χ1v) is 12.3. The van der Waals surface area contributed by atoms with Crippen LogP contribution in [0.2, 0.25) is 15.1 Å². The monoisotopic (exact) mass is 505 g/mol. The molecule has 0 aliphatic heterocycles. The molecule has 7 nitrogen and oxygen atoms in total. The summed E-state index contributed by atoms with van der Waals surface area (Å²) in [5.74, 6) is -1.00. The fraction of sp³-hybridized carbons (Fsp3) is 0.300. The van der Waals surface area contributed by atoms with E-state index in [9.17, 15) is 18.0 Å². The Kier molecular flexibility index (Phi) is 9.00. The second-order valence-corrected chi connectivity index (χ2v) is 9.82. The molecule has 0 aromatic heterocycles. The van der Waals surface area contributed by atoms with Gasteiger partial charge < -0.3 is 10.6 Å². The lowest BCUT2D eigenvalue weighted by molar-refractivity contribution is -0.114. The molecule has 0 saturated carbocycles. The molecule has 0 spiro atoms. The fourth-order valence-electron chi connectivity index (χ4n) is 2.67. The average molecular weight is 507 g/mol. The molecule has 0 radical (unpaired) electrons. The lowest BCUT2D eigenvalue weighted by Gasteiger charge is -2.23. The van der Waals surface area contributed by atoms with Gasteiger partial charge in [0, 0.05) is 6.54 Å². The molecule has 0 aliphatic rings. The third-order valence-corrected chi connectivity index (χ3v) is 6.36. The molecule has 0 bridgehead atoms. The van der Waals surface area contributed by atoms with Crippen LogP contribution in [-0.2, 0) is 14.8 Å². The van der Waals surface area contributed by atoms with Crippen LogP contribution in [0, 0.1) is 0 Å². The van der Waals surface area contributed by atoms with Crippen LogP contribution in [0.3, 0.4) is 0 Å². The molecule has 31 heavy (non-hydrogen) atoms. The zero-order valence-electron chi connectivity index (χ0n) is 16.9. The standard InChI is InChI=1S/C20H22Cl3N3O4S/c1-3-4-9-24-20(28)13-7-5-6-8-17(13)25-19(27)12-26(31(2,29)30)18-11-15(22)14(21)10-16(18)23/h5-8,10-11H,3-4,9,12H2,1-2H3,(H,24,28)(H,25,27). The number of nitrogens with one attached hydrogen (secondary N) is 2. The number of carbonyl (C=O) groups is 2. The van der Waals surface area contributed by atoms with Crippen molar-refractivity contribution in [3.05, 3.63) is 57.0 Å². The molecule has 2 aromatic rings. The maximum absolute atomic E-state index is 12.7. The highest BCUT2D eigenvalue weighted by atomic mass is 35.5. The van der Waals surface area contributed by atoms with Gasteiger partial charge in [0.05, 0.1) is 38.3 Å². The molecule has 11 heteroatoms. The van der Waals surface area contributed by atoms with Crippen molar-refractivity contribution in [2.24, 2.45) is 0 Å². The minimum absolute atomic E-state index is 0.0133. The van der Waals surface area contributed by atoms with Gasteiger partial charge in [-0.3, -0.25) is 13.9 Å². The van der Waals surface area contributed by atoms with Gasteiger partial charge in [-0.1, -0.05) is 60.3 Å². The molecule has 0 atom stereocenters. The Hall–Kier alpha value is -2.00. The quantitative estimate of drug-likeness (QED) is 0.384. The van der Waals surface area contributed by atoms with E-state index in [1.54, 1.807) is 24.3 Å². The third kappa shape index (κ3) is 7.00. The van der Waals surface area contributed by atoms with E-state index >= 15 is 0 Å². The van der Waals surface area contributed by atoms with E-state index in [0.717, 1.165) is 23.4 Å². The maximum Gasteiger partial charge on any atom is 0.253 e. The van der Waals surface area contributed by atoms with E-state index in [2.05, 4.69) is 10.6 Å². The minimum atomic E-state index is -3.89. The average Bonchev–Trinajstić information content (AvgIpc) is 2.69. The van der Waals surface area contributed by atoms with Crippen LogP contribution in [0.1, 0.15) is 30.1 Å². The Morgan fingerprint density at radius 3 is 2.32 bits per heavy atom. The smallest absolute Gasteiger partial charge is 0.253 e. The summed E-state index contributed by atoms with van der Waals surface area (Å²) in [6.45, 7) is 1.94. The van der Waals surface area contributed by atoms with E-state index in [1.165, 1.54) is 12.1 Å². The summed E-state index contributed by atoms with van der Waals surface area (Å²) in [6.07, 6.45) is 2.69. The molecule has 0 unspecified atom stereocenters. The summed E-state index contributed by atoms with van der Waals surface area (Å²) in [4.78, 5) is 25.1. The van der Waals surface area contributed by atoms with Crippen LogP contribution in [0.5, 0.6) is 0 Å². The number of anilines is 2. The molecule has 0 aliphatic carbocycles. The van der Waals surface area contributed by atoms with Gasteiger partial charge in [0.25, 0.3) is 5.91 Å². The molecule has 2 aromatic carbocycles. The first-order valence-electron chi connectivity index (χ1n) is 9.34. The van der Waals surface area contributed by atoms with Crippen molar-refractivity contribution in [3.63, 3.8) is 0 Å². The lowest BCUT2D eigenvalue weighted by atomic mass is 10.1. The number of hydrogen-bond donors (Lipinski definition) is 2. The Morgan fingerprint density at radius 2 is 1.68 bits per heavy atom. The largest absolute Gasteiger partial charge is 0.352 e. The molecule has 168 valence electrons. The second-order valence-electron chi connectivity index (χ2n) is 6.69. The van der Waals surface area contributed by atoms with Gasteiger partial charge in [-0.15, -0.1) is 0 Å². The van der Waals surface area contributed by atoms with Gasteiger partial charge in [-0.05, 0) is 30.7 Å². The highest BCUT2D eigenvalue weighted by Crippen LogP contribution is 2.35. The first kappa shape index (κ1) is 25.3. The zero-order chi connectivity index (χ0) is 23.2. The molecule has 2 rings (SSSR count). The van der Waals surface area contributed by atoms with E-state index < -0.39 is 22.5 Å². The van der Waals surface area contributed by atoms with Crippen molar-refractivity contribution >= 4 is 68.0 Å². The van der Waals surface area contributed by atoms with Gasteiger partial charge in [-0.25, -0.2) is 8.42 Å². The van der Waals surface area contributed by atoms with E-state index in [4.69, 9.17) is 34.8 Å². The van der Waals surface area contributed by atoms with Crippen molar-refractivity contribution in [3.8, 4) is 0 Å². The summed E-state index contributed by atoms with van der Waals surface area (Å²) < 4.78 is 25.5. The molecule has 0 fully saturated rings. The summed E-state index contributed by atoms with van der Waals surface area (Å²) in [7, 11) is -3.89. The molecule has 2 N–H and O–H groups in total. The minimum Gasteiger partial charge on any atom is -0.352 e. The predicted molar refractivity (Wildman–Crippen MR) is 126 cm³/mol. The van der Waals surface area contributed by atoms with Gasteiger partial charge in [0.15, 0.2) is 0 Å². The predicted octanol–water partition coefficient (Wildman–Crippen LogP) is 4.58. The van der Waals surface area contributed by atoms with Gasteiger partial charge in [0.2, 0.25) is 15.9 Å². The topological polar surface area (TPSA) is 95.6 Å². The molecular formula is C20H22Cl3N3O4S. The van der Waals surface area contributed by atoms with Crippen LogP contribution in [0.4, 0.5) is 11.4 Å². The number of benzene rings is 2. The summed E-state index contributed by atoms with van der Waals surface area (Å²) >= 11 is 18.0. The fourth-order valence-corrected chi connectivity index (χ4v) is 4.22. The third-order valence-electron chi connectivity index (χ3n) is 4.21. The lowest BCUT2D eigenvalue weighted by Crippen LogP contribution is -2.38. The highest BCUT2D eigenvalue weighted by Gasteiger charge is 2.25. The van der Waals surface area contributed by atoms with E-state index in [-0.39, 0.29) is 37.9 Å². The van der Waals surface area contributed by atoms with Crippen LogP contribution in [-0.4, -0.2) is 39.6 Å². The Bertz CT molecular complexity index is 1080. The van der Waals surface area contributed by atoms with Gasteiger partial charge >= 0.3 is 0 Å². The SMILES string of the molecule is CCCCNC(=O)c1ccccc1NC(=O)CN(c1cc(Cl)c(Cl)cc1Cl)S(C)(=O)=O. The number of unbranched alkanes of at least 4 members (excludes halogenated alkanes) is 1. The number of nitrogens with zero attached hydrogens (tertiary/aromatic N) is 1. The number of sulfonamides is 1. The van der Waals surface area contributed by atoms with Crippen molar-refractivity contribution in [1.82, 2.24) is 5.32 Å². The Balaban J connectivity index is 2.26. The van der Waals surface area contributed by atoms with Crippen LogP contribution < -0.4 is 14.9 Å². The summed E-state index contributed by atoms with van der Waals surface area (Å²) in [6, 6.07) is 9.03. The molecule has 2 amide bonds. The normalized spacial score (nSPS) is 11.1. The number of amides is 2. The number of rotatable bonds is 9. The van der Waals surface area contributed by atoms with Crippen molar-refractivity contribution in [1.29, 1.82) is 0 Å². The van der Waals surface area contributed by atoms with Crippen molar-refractivity contribution < 1.29 is 18.0 Å². The summed E-state index contributed by atoms with van der Waals surface area (Å²) in [5, 5.41) is 5.63. The van der Waals surface area contributed by atoms with E-state index in [1.807, 2.05) is 6.92 Å². The first-order chi connectivity index (χ1) is 14.5. The van der Waals surface area contributed by atoms with Crippen molar-refractivity contribution in [2.75, 3.05) is 29.0 Å². The van der Waals surface area contributed by atoms with Crippen LogP contribution in [0.25, 0.3) is 0 Å². The number of para-hydroxylation sites is 1. The van der Waals surface area contributed by atoms with E-state index in [0.29, 0.717) is 6.54 Å². The highest BCUT2D eigenvalue weighted by molar-refractivity contribution is 7.92. The molecule has 0 heterocycles. The summed E-state index contributed by atoms with van der Waals surface area (Å²) in [5.41, 5.74) is 0.542.